The van der Waals surface area contributed by atoms with Crippen molar-refractivity contribution < 1.29 is 14.3 Å². The van der Waals surface area contributed by atoms with E-state index in [2.05, 4.69) is 4.98 Å². The number of morpholine rings is 1. The smallest absolute Gasteiger partial charge is 0.270 e. The van der Waals surface area contributed by atoms with Crippen LogP contribution in [-0.2, 0) is 11.8 Å². The number of aromatic nitrogens is 2. The van der Waals surface area contributed by atoms with Crippen molar-refractivity contribution in [3.63, 3.8) is 0 Å². The minimum absolute atomic E-state index is 0.0945. The molecule has 6 nitrogen and oxygen atoms in total. The van der Waals surface area contributed by atoms with E-state index in [1.54, 1.807) is 6.20 Å². The summed E-state index contributed by atoms with van der Waals surface area (Å²) >= 11 is 0. The Morgan fingerprint density at radius 1 is 1.32 bits per heavy atom. The molecule has 1 aliphatic heterocycles. The summed E-state index contributed by atoms with van der Waals surface area (Å²) in [7, 11) is 1.91. The number of carbonyl (C=O) groups is 1. The number of carbonyl (C=O) groups excluding carboxylic acids is 1. The Bertz CT molecular complexity index is 731. The second kappa shape index (κ2) is 6.88. The zero-order valence-electron chi connectivity index (χ0n) is 14.4. The van der Waals surface area contributed by atoms with Crippen LogP contribution in [0.1, 0.15) is 23.3 Å². The Morgan fingerprint density at radius 3 is 3.00 bits per heavy atom. The summed E-state index contributed by atoms with van der Waals surface area (Å²) in [6.45, 7) is 1.86. The van der Waals surface area contributed by atoms with Crippen LogP contribution in [0.4, 0.5) is 0 Å². The zero-order chi connectivity index (χ0) is 17.2. The molecule has 2 aromatic heterocycles. The second-order valence-electron chi connectivity index (χ2n) is 6.80. The fourth-order valence-electron chi connectivity index (χ4n) is 3.90. The van der Waals surface area contributed by atoms with Crippen molar-refractivity contribution in [3.8, 4) is 5.88 Å². The van der Waals surface area contributed by atoms with Gasteiger partial charge in [0, 0.05) is 32.1 Å². The van der Waals surface area contributed by atoms with Gasteiger partial charge in [-0.1, -0.05) is 6.07 Å². The van der Waals surface area contributed by atoms with E-state index in [4.69, 9.17) is 9.47 Å². The van der Waals surface area contributed by atoms with E-state index in [1.807, 2.05) is 53.0 Å². The summed E-state index contributed by atoms with van der Waals surface area (Å²) in [6.07, 6.45) is 5.58. The molecule has 132 valence electrons. The highest BCUT2D eigenvalue weighted by atomic mass is 16.5. The predicted octanol–water partition coefficient (Wildman–Crippen LogP) is 2.12. The van der Waals surface area contributed by atoms with Crippen molar-refractivity contribution in [2.75, 3.05) is 19.8 Å². The highest BCUT2D eigenvalue weighted by Gasteiger charge is 2.43. The third-order valence-electron chi connectivity index (χ3n) is 5.16. The van der Waals surface area contributed by atoms with Gasteiger partial charge in [-0.2, -0.15) is 0 Å². The van der Waals surface area contributed by atoms with Gasteiger partial charge in [-0.3, -0.25) is 4.79 Å². The molecule has 0 spiro atoms. The maximum Gasteiger partial charge on any atom is 0.270 e. The van der Waals surface area contributed by atoms with Crippen LogP contribution in [0.2, 0.25) is 0 Å². The van der Waals surface area contributed by atoms with Gasteiger partial charge in [0.25, 0.3) is 5.91 Å². The molecule has 3 heterocycles. The summed E-state index contributed by atoms with van der Waals surface area (Å²) < 4.78 is 13.6. The molecule has 0 bridgehead atoms. The molecule has 2 aliphatic rings. The average Bonchev–Trinajstić information content (AvgIpc) is 3.25. The number of ether oxygens (including phenoxy) is 2. The normalized spacial score (nSPS) is 25.6. The van der Waals surface area contributed by atoms with E-state index in [0.717, 1.165) is 18.5 Å². The molecule has 25 heavy (non-hydrogen) atoms. The monoisotopic (exact) mass is 341 g/mol. The van der Waals surface area contributed by atoms with Gasteiger partial charge in [0.05, 0.1) is 25.4 Å². The molecule has 1 aliphatic carbocycles. The van der Waals surface area contributed by atoms with Crippen LogP contribution >= 0.6 is 0 Å². The van der Waals surface area contributed by atoms with Crippen molar-refractivity contribution in [2.24, 2.45) is 13.0 Å². The molecule has 0 N–H and O–H groups in total. The molecular weight excluding hydrogens is 318 g/mol. The third kappa shape index (κ3) is 3.26. The van der Waals surface area contributed by atoms with Gasteiger partial charge >= 0.3 is 0 Å². The maximum absolute atomic E-state index is 12.9. The standard InChI is InChI=1S/C19H23N3O3/c1-21-8-4-5-15(21)19(23)22-9-10-24-17-12-14(11-16(17)22)13-25-18-6-2-3-7-20-18/h2-8,14,16-17H,9-13H2,1H3/t14?,16-,17-/m1/s1. The first-order chi connectivity index (χ1) is 12.2. The number of hydrogen-bond donors (Lipinski definition) is 0. The number of hydrogen-bond acceptors (Lipinski definition) is 4. The molecule has 4 rings (SSSR count). The molecule has 0 aromatic carbocycles. The fourth-order valence-corrected chi connectivity index (χ4v) is 3.90. The van der Waals surface area contributed by atoms with E-state index in [-0.39, 0.29) is 18.1 Å². The minimum Gasteiger partial charge on any atom is -0.477 e. The molecule has 1 unspecified atom stereocenters. The summed E-state index contributed by atoms with van der Waals surface area (Å²) in [5, 5.41) is 0. The molecule has 6 heteroatoms. The molecule has 2 fully saturated rings. The molecule has 1 saturated heterocycles. The number of rotatable bonds is 4. The minimum atomic E-state index is 0.0945. The topological polar surface area (TPSA) is 56.6 Å². The van der Waals surface area contributed by atoms with Gasteiger partial charge in [-0.25, -0.2) is 4.98 Å². The van der Waals surface area contributed by atoms with Gasteiger partial charge < -0.3 is 18.9 Å². The highest BCUT2D eigenvalue weighted by Crippen LogP contribution is 2.35. The van der Waals surface area contributed by atoms with Gasteiger partial charge in [0.2, 0.25) is 5.88 Å². The Balaban J connectivity index is 1.42. The van der Waals surface area contributed by atoms with E-state index >= 15 is 0 Å². The van der Waals surface area contributed by atoms with E-state index in [9.17, 15) is 4.79 Å². The molecular formula is C19H23N3O3. The average molecular weight is 341 g/mol. The maximum atomic E-state index is 12.9. The lowest BCUT2D eigenvalue weighted by Gasteiger charge is -2.37. The van der Waals surface area contributed by atoms with E-state index in [1.165, 1.54) is 0 Å². The van der Waals surface area contributed by atoms with Crippen LogP contribution in [-0.4, -0.2) is 52.3 Å². The second-order valence-corrected chi connectivity index (χ2v) is 6.80. The molecule has 2 aromatic rings. The first kappa shape index (κ1) is 16.1. The van der Waals surface area contributed by atoms with Gasteiger partial charge in [-0.05, 0) is 37.0 Å². The Labute approximate surface area is 147 Å². The Hall–Kier alpha value is -2.34. The number of fused-ring (bicyclic) bond motifs is 1. The molecule has 0 radical (unpaired) electrons. The lowest BCUT2D eigenvalue weighted by Crippen LogP contribution is -2.51. The summed E-state index contributed by atoms with van der Waals surface area (Å²) in [5.41, 5.74) is 0.730. The number of amides is 1. The molecule has 1 saturated carbocycles. The summed E-state index contributed by atoms with van der Waals surface area (Å²) in [5.74, 6) is 1.12. The van der Waals surface area contributed by atoms with Gasteiger partial charge in [0.1, 0.15) is 5.69 Å². The lowest BCUT2D eigenvalue weighted by molar-refractivity contribution is -0.0451. The fraction of sp³-hybridized carbons (Fsp3) is 0.474. The Morgan fingerprint density at radius 2 is 2.24 bits per heavy atom. The van der Waals surface area contributed by atoms with Crippen molar-refractivity contribution in [3.05, 3.63) is 48.4 Å². The predicted molar refractivity (Wildman–Crippen MR) is 92.4 cm³/mol. The lowest BCUT2D eigenvalue weighted by atomic mass is 10.1. The van der Waals surface area contributed by atoms with E-state index < -0.39 is 0 Å². The van der Waals surface area contributed by atoms with Gasteiger partial charge in [0.15, 0.2) is 0 Å². The van der Waals surface area contributed by atoms with Crippen LogP contribution < -0.4 is 4.74 Å². The quantitative estimate of drug-likeness (QED) is 0.855. The van der Waals surface area contributed by atoms with Crippen LogP contribution in [0.5, 0.6) is 5.88 Å². The third-order valence-corrected chi connectivity index (χ3v) is 5.16. The largest absolute Gasteiger partial charge is 0.477 e. The zero-order valence-corrected chi connectivity index (χ0v) is 14.4. The van der Waals surface area contributed by atoms with Crippen LogP contribution in [0, 0.1) is 5.92 Å². The highest BCUT2D eigenvalue weighted by molar-refractivity contribution is 5.93. The SMILES string of the molecule is Cn1cccc1C(=O)N1CCO[C@@H]2CC(COc3ccccn3)C[C@H]21. The van der Waals surface area contributed by atoms with E-state index in [0.29, 0.717) is 31.6 Å². The number of aryl methyl sites for hydroxylation is 1. The van der Waals surface area contributed by atoms with Gasteiger partial charge in [-0.15, -0.1) is 0 Å². The summed E-state index contributed by atoms with van der Waals surface area (Å²) in [6, 6.07) is 9.57. The first-order valence-electron chi connectivity index (χ1n) is 8.80. The number of pyridine rings is 1. The van der Waals surface area contributed by atoms with Crippen molar-refractivity contribution in [1.82, 2.24) is 14.5 Å². The van der Waals surface area contributed by atoms with Crippen molar-refractivity contribution in [1.29, 1.82) is 0 Å². The molecule has 3 atom stereocenters. The van der Waals surface area contributed by atoms with Crippen molar-refractivity contribution >= 4 is 5.91 Å². The Kier molecular flexibility index (Phi) is 4.44. The first-order valence-corrected chi connectivity index (χ1v) is 8.80. The van der Waals surface area contributed by atoms with Crippen LogP contribution in [0.15, 0.2) is 42.7 Å². The molecule has 1 amide bonds. The van der Waals surface area contributed by atoms with Crippen molar-refractivity contribution in [2.45, 2.75) is 25.0 Å². The summed E-state index contributed by atoms with van der Waals surface area (Å²) in [4.78, 5) is 19.1. The van der Waals surface area contributed by atoms with Crippen LogP contribution in [0.25, 0.3) is 0 Å². The van der Waals surface area contributed by atoms with Crippen LogP contribution in [0.3, 0.4) is 0 Å². The number of nitrogens with zero attached hydrogens (tertiary/aromatic N) is 3.